The number of hydrogen-bond acceptors (Lipinski definition) is 5. The Morgan fingerprint density at radius 1 is 1.40 bits per heavy atom. The minimum absolute atomic E-state index is 0.0398. The molecule has 2 N–H and O–H groups in total. The number of aromatic amines is 1. The van der Waals surface area contributed by atoms with Crippen LogP contribution in [-0.4, -0.2) is 45.2 Å². The SMILES string of the molecule is Cc1nc(N2CCOCC2)[nH]c(=O)c1[C@@H](O)C(Cl)(Cl)Cl. The van der Waals surface area contributed by atoms with Gasteiger partial charge in [-0.1, -0.05) is 34.8 Å². The predicted octanol–water partition coefficient (Wildman–Crippen LogP) is 1.32. The topological polar surface area (TPSA) is 78.5 Å². The van der Waals surface area contributed by atoms with E-state index in [9.17, 15) is 9.90 Å². The zero-order valence-corrected chi connectivity index (χ0v) is 13.0. The Morgan fingerprint density at radius 3 is 2.50 bits per heavy atom. The third-order valence-corrected chi connectivity index (χ3v) is 3.65. The second-order valence-corrected chi connectivity index (χ2v) is 6.80. The van der Waals surface area contributed by atoms with E-state index in [-0.39, 0.29) is 5.56 Å². The smallest absolute Gasteiger partial charge is 0.258 e. The van der Waals surface area contributed by atoms with Crippen molar-refractivity contribution in [3.05, 3.63) is 21.6 Å². The van der Waals surface area contributed by atoms with Crippen LogP contribution in [0.25, 0.3) is 0 Å². The molecule has 0 spiro atoms. The van der Waals surface area contributed by atoms with Crippen molar-refractivity contribution in [2.24, 2.45) is 0 Å². The van der Waals surface area contributed by atoms with Crippen LogP contribution >= 0.6 is 34.8 Å². The summed E-state index contributed by atoms with van der Waals surface area (Å²) < 4.78 is 3.25. The van der Waals surface area contributed by atoms with Crippen molar-refractivity contribution >= 4 is 40.8 Å². The van der Waals surface area contributed by atoms with E-state index < -0.39 is 15.5 Å². The number of alkyl halides is 3. The third-order valence-electron chi connectivity index (χ3n) is 3.03. The molecule has 0 radical (unpaired) electrons. The first-order valence-corrected chi connectivity index (χ1v) is 7.12. The van der Waals surface area contributed by atoms with Crippen molar-refractivity contribution in [2.45, 2.75) is 16.8 Å². The molecule has 1 atom stereocenters. The van der Waals surface area contributed by atoms with Gasteiger partial charge in [-0.15, -0.1) is 0 Å². The summed E-state index contributed by atoms with van der Waals surface area (Å²) in [6, 6.07) is 0. The molecule has 1 fully saturated rings. The van der Waals surface area contributed by atoms with Gasteiger partial charge in [0.25, 0.3) is 5.56 Å². The average Bonchev–Trinajstić information content (AvgIpc) is 2.37. The number of anilines is 1. The molecule has 1 aromatic rings. The molecule has 20 heavy (non-hydrogen) atoms. The number of halogens is 3. The summed E-state index contributed by atoms with van der Waals surface area (Å²) in [7, 11) is 0. The van der Waals surface area contributed by atoms with Crippen molar-refractivity contribution in [1.82, 2.24) is 9.97 Å². The van der Waals surface area contributed by atoms with Crippen molar-refractivity contribution in [3.8, 4) is 0 Å². The predicted molar refractivity (Wildman–Crippen MR) is 77.9 cm³/mol. The molecule has 0 aliphatic carbocycles. The van der Waals surface area contributed by atoms with Gasteiger partial charge < -0.3 is 14.7 Å². The maximum absolute atomic E-state index is 12.1. The highest BCUT2D eigenvalue weighted by molar-refractivity contribution is 6.68. The van der Waals surface area contributed by atoms with Gasteiger partial charge in [-0.05, 0) is 6.92 Å². The number of ether oxygens (including phenoxy) is 1. The fraction of sp³-hybridized carbons (Fsp3) is 0.636. The van der Waals surface area contributed by atoms with Crippen LogP contribution in [0, 0.1) is 6.92 Å². The second-order valence-electron chi connectivity index (χ2n) is 4.43. The highest BCUT2D eigenvalue weighted by atomic mass is 35.6. The van der Waals surface area contributed by atoms with E-state index in [0.29, 0.717) is 37.9 Å². The van der Waals surface area contributed by atoms with Crippen LogP contribution in [0.2, 0.25) is 0 Å². The largest absolute Gasteiger partial charge is 0.384 e. The molecule has 1 saturated heterocycles. The van der Waals surface area contributed by atoms with Gasteiger partial charge in [-0.3, -0.25) is 9.78 Å². The number of nitrogens with one attached hydrogen (secondary N) is 1. The summed E-state index contributed by atoms with van der Waals surface area (Å²) in [6.45, 7) is 4.00. The van der Waals surface area contributed by atoms with Crippen LogP contribution in [0.15, 0.2) is 4.79 Å². The first-order chi connectivity index (χ1) is 9.30. The fourth-order valence-electron chi connectivity index (χ4n) is 1.99. The van der Waals surface area contributed by atoms with Crippen molar-refractivity contribution in [1.29, 1.82) is 0 Å². The van der Waals surface area contributed by atoms with Gasteiger partial charge in [0, 0.05) is 13.1 Å². The normalized spacial score (nSPS) is 18.1. The zero-order valence-electron chi connectivity index (χ0n) is 10.7. The van der Waals surface area contributed by atoms with Crippen LogP contribution in [0.3, 0.4) is 0 Å². The molecule has 1 aliphatic heterocycles. The van der Waals surface area contributed by atoms with Gasteiger partial charge in [0.05, 0.1) is 24.5 Å². The number of morpholine rings is 1. The zero-order chi connectivity index (χ0) is 14.9. The number of nitrogens with zero attached hydrogens (tertiary/aromatic N) is 2. The average molecular weight is 343 g/mol. The van der Waals surface area contributed by atoms with Crippen molar-refractivity contribution < 1.29 is 9.84 Å². The van der Waals surface area contributed by atoms with Crippen LogP contribution in [-0.2, 0) is 4.74 Å². The molecule has 112 valence electrons. The first-order valence-electron chi connectivity index (χ1n) is 5.99. The Hall–Kier alpha value is -0.530. The molecular formula is C11H14Cl3N3O3. The quantitative estimate of drug-likeness (QED) is 0.793. The summed E-state index contributed by atoms with van der Waals surface area (Å²) in [5.41, 5.74) is -0.228. The maximum Gasteiger partial charge on any atom is 0.258 e. The molecule has 2 heterocycles. The maximum atomic E-state index is 12.1. The highest BCUT2D eigenvalue weighted by Crippen LogP contribution is 2.39. The van der Waals surface area contributed by atoms with Crippen LogP contribution in [0.1, 0.15) is 17.4 Å². The van der Waals surface area contributed by atoms with Gasteiger partial charge in [0.2, 0.25) is 9.74 Å². The second kappa shape index (κ2) is 6.07. The van der Waals surface area contributed by atoms with Gasteiger partial charge in [0.1, 0.15) is 6.10 Å². The lowest BCUT2D eigenvalue weighted by Gasteiger charge is -2.28. The summed E-state index contributed by atoms with van der Waals surface area (Å²) >= 11 is 16.9. The lowest BCUT2D eigenvalue weighted by molar-refractivity contribution is 0.122. The number of H-pyrrole nitrogens is 1. The van der Waals surface area contributed by atoms with Gasteiger partial charge in [-0.25, -0.2) is 4.98 Å². The Bertz CT molecular complexity index is 538. The molecule has 1 aromatic heterocycles. The number of aliphatic hydroxyl groups is 1. The molecular weight excluding hydrogens is 328 g/mol. The van der Waals surface area contributed by atoms with E-state index in [1.807, 2.05) is 4.90 Å². The molecule has 0 saturated carbocycles. The standard InChI is InChI=1S/C11H14Cl3N3O3/c1-6-7(8(18)11(12,13)14)9(19)16-10(15-6)17-2-4-20-5-3-17/h8,18H,2-5H2,1H3,(H,15,16,19)/t8-/m1/s1. The first kappa shape index (κ1) is 15.9. The lowest BCUT2D eigenvalue weighted by atomic mass is 10.1. The monoisotopic (exact) mass is 341 g/mol. The van der Waals surface area contributed by atoms with Crippen LogP contribution in [0.4, 0.5) is 5.95 Å². The number of aryl methyl sites for hydroxylation is 1. The van der Waals surface area contributed by atoms with E-state index in [4.69, 9.17) is 39.5 Å². The minimum atomic E-state index is -1.99. The van der Waals surface area contributed by atoms with Crippen molar-refractivity contribution in [2.75, 3.05) is 31.2 Å². The lowest BCUT2D eigenvalue weighted by Crippen LogP contribution is -2.39. The molecule has 1 aliphatic rings. The number of aliphatic hydroxyl groups excluding tert-OH is 1. The fourth-order valence-corrected chi connectivity index (χ4v) is 2.32. The van der Waals surface area contributed by atoms with Gasteiger partial charge >= 0.3 is 0 Å². The van der Waals surface area contributed by atoms with E-state index in [0.717, 1.165) is 0 Å². The Balaban J connectivity index is 2.36. The van der Waals surface area contributed by atoms with Gasteiger partial charge in [-0.2, -0.15) is 0 Å². The van der Waals surface area contributed by atoms with Crippen molar-refractivity contribution in [3.63, 3.8) is 0 Å². The van der Waals surface area contributed by atoms with E-state index >= 15 is 0 Å². The van der Waals surface area contributed by atoms with Gasteiger partial charge in [0.15, 0.2) is 0 Å². The third kappa shape index (κ3) is 3.38. The number of hydrogen-bond donors (Lipinski definition) is 2. The van der Waals surface area contributed by atoms with E-state index in [1.54, 1.807) is 6.92 Å². The molecule has 0 unspecified atom stereocenters. The molecule has 0 bridgehead atoms. The Labute approximate surface area is 130 Å². The molecule has 2 rings (SSSR count). The highest BCUT2D eigenvalue weighted by Gasteiger charge is 2.35. The summed E-state index contributed by atoms with van der Waals surface area (Å²) in [6.07, 6.45) is -1.54. The van der Waals surface area contributed by atoms with E-state index in [2.05, 4.69) is 9.97 Å². The summed E-state index contributed by atoms with van der Waals surface area (Å²) in [5, 5.41) is 9.93. The Kier molecular flexibility index (Phi) is 4.81. The van der Waals surface area contributed by atoms with E-state index in [1.165, 1.54) is 0 Å². The number of aromatic nitrogens is 2. The molecule has 0 amide bonds. The van der Waals surface area contributed by atoms with Crippen LogP contribution in [0.5, 0.6) is 0 Å². The molecule has 0 aromatic carbocycles. The minimum Gasteiger partial charge on any atom is -0.384 e. The molecule has 6 nitrogen and oxygen atoms in total. The summed E-state index contributed by atoms with van der Waals surface area (Å²) in [5.74, 6) is 0.427. The summed E-state index contributed by atoms with van der Waals surface area (Å²) in [4.78, 5) is 20.9. The number of rotatable bonds is 2. The Morgan fingerprint density at radius 2 is 2.00 bits per heavy atom. The van der Waals surface area contributed by atoms with Crippen LogP contribution < -0.4 is 10.5 Å². The molecule has 9 heteroatoms.